The lowest BCUT2D eigenvalue weighted by molar-refractivity contribution is -0.145. The molecule has 6 nitrogen and oxygen atoms in total. The fourth-order valence-electron chi connectivity index (χ4n) is 6.09. The van der Waals surface area contributed by atoms with E-state index in [9.17, 15) is 14.4 Å². The quantitative estimate of drug-likeness (QED) is 0.565. The predicted octanol–water partition coefficient (Wildman–Crippen LogP) is 4.40. The smallest absolute Gasteiger partial charge is 0.335 e. The summed E-state index contributed by atoms with van der Waals surface area (Å²) in [6, 6.07) is 22.0. The molecule has 3 atom stereocenters. The maximum atomic E-state index is 15.1. The minimum Gasteiger partial charge on any atom is -0.364 e. The molecule has 2 saturated heterocycles. The molecule has 3 heterocycles. The lowest BCUT2D eigenvalue weighted by Gasteiger charge is -2.54. The number of amides is 4. The third-order valence-electron chi connectivity index (χ3n) is 7.70. The number of halogens is 1. The van der Waals surface area contributed by atoms with E-state index >= 15 is 4.39 Å². The number of anilines is 2. The van der Waals surface area contributed by atoms with Gasteiger partial charge in [0, 0.05) is 6.54 Å². The van der Waals surface area contributed by atoms with Crippen LogP contribution in [0.2, 0.25) is 0 Å². The molecule has 6 rings (SSSR count). The van der Waals surface area contributed by atoms with E-state index in [0.717, 1.165) is 16.9 Å². The van der Waals surface area contributed by atoms with Crippen LogP contribution in [0, 0.1) is 11.2 Å². The minimum absolute atomic E-state index is 0.0318. The second-order valence-electron chi connectivity index (χ2n) is 9.47. The van der Waals surface area contributed by atoms with Gasteiger partial charge in [0.15, 0.2) is 5.41 Å². The molecule has 1 N–H and O–H groups in total. The molecule has 2 fully saturated rings. The Bertz CT molecular complexity index is 1330. The van der Waals surface area contributed by atoms with Crippen LogP contribution in [0.5, 0.6) is 0 Å². The van der Waals surface area contributed by atoms with Gasteiger partial charge in [0.2, 0.25) is 5.91 Å². The highest BCUT2D eigenvalue weighted by Crippen LogP contribution is 2.51. The van der Waals surface area contributed by atoms with Crippen molar-refractivity contribution in [3.63, 3.8) is 0 Å². The van der Waals surface area contributed by atoms with Crippen molar-refractivity contribution in [2.75, 3.05) is 16.3 Å². The summed E-state index contributed by atoms with van der Waals surface area (Å²) in [5.41, 5.74) is 1.02. The number of benzene rings is 3. The molecule has 0 bridgehead atoms. The molecular weight excluding hydrogens is 445 g/mol. The number of fused-ring (bicyclic) bond motifs is 4. The van der Waals surface area contributed by atoms with Crippen LogP contribution >= 0.6 is 0 Å². The van der Waals surface area contributed by atoms with Gasteiger partial charge < -0.3 is 4.90 Å². The summed E-state index contributed by atoms with van der Waals surface area (Å²) in [5.74, 6) is -1.43. The van der Waals surface area contributed by atoms with Crippen LogP contribution in [-0.2, 0) is 16.0 Å². The number of imide groups is 2. The molecule has 0 saturated carbocycles. The van der Waals surface area contributed by atoms with Crippen molar-refractivity contribution in [1.29, 1.82) is 0 Å². The summed E-state index contributed by atoms with van der Waals surface area (Å²) < 4.78 is 15.1. The standard InChI is InChI=1S/C28H24FN3O3/c29-22-13-7-10-20-17-28(25(33)30-27(35)32(26(28)34)21-11-5-2-6-12-21)23-16-19(14-15-31(23)24(20)22)18-8-3-1-4-9-18/h1-13,19,23H,14-17H2,(H,30,33,35)/t19-,23+,28-/m1/s1. The number of carbonyl (C=O) groups excluding carboxylic acids is 3. The zero-order valence-electron chi connectivity index (χ0n) is 19.0. The average molecular weight is 470 g/mol. The highest BCUT2D eigenvalue weighted by Gasteiger charge is 2.63. The molecule has 1 spiro atoms. The van der Waals surface area contributed by atoms with Gasteiger partial charge in [-0.15, -0.1) is 0 Å². The Balaban J connectivity index is 1.51. The van der Waals surface area contributed by atoms with E-state index in [4.69, 9.17) is 0 Å². The number of barbiturate groups is 1. The Morgan fingerprint density at radius 2 is 1.60 bits per heavy atom. The summed E-state index contributed by atoms with van der Waals surface area (Å²) in [6.07, 6.45) is 1.29. The number of nitrogens with one attached hydrogen (secondary N) is 1. The zero-order valence-corrected chi connectivity index (χ0v) is 19.0. The molecule has 3 aromatic carbocycles. The van der Waals surface area contributed by atoms with Crippen LogP contribution in [0.4, 0.5) is 20.6 Å². The first kappa shape index (κ1) is 21.5. The number of para-hydroxylation sites is 2. The van der Waals surface area contributed by atoms with Crippen LogP contribution in [-0.4, -0.2) is 30.4 Å². The molecule has 0 aromatic heterocycles. The Labute approximate surface area is 202 Å². The molecule has 0 radical (unpaired) electrons. The van der Waals surface area contributed by atoms with E-state index in [1.807, 2.05) is 35.2 Å². The SMILES string of the molecule is O=C1NC(=O)[C@]2(Cc3cccc(F)c3N3CC[C@@H](c4ccccc4)C[C@H]32)C(=O)N1c1ccccc1. The molecule has 4 amide bonds. The molecule has 3 aliphatic heterocycles. The number of hydrogen-bond donors (Lipinski definition) is 1. The van der Waals surface area contributed by atoms with Gasteiger partial charge in [0.1, 0.15) is 5.82 Å². The zero-order chi connectivity index (χ0) is 24.2. The van der Waals surface area contributed by atoms with Gasteiger partial charge in [-0.2, -0.15) is 0 Å². The monoisotopic (exact) mass is 469 g/mol. The number of rotatable bonds is 2. The fourth-order valence-corrected chi connectivity index (χ4v) is 6.09. The summed E-state index contributed by atoms with van der Waals surface area (Å²) >= 11 is 0. The molecule has 176 valence electrons. The molecule has 0 unspecified atom stereocenters. The van der Waals surface area contributed by atoms with Crippen molar-refractivity contribution >= 4 is 29.2 Å². The molecular formula is C28H24FN3O3. The highest BCUT2D eigenvalue weighted by atomic mass is 19.1. The van der Waals surface area contributed by atoms with E-state index in [-0.39, 0.29) is 18.2 Å². The molecule has 3 aromatic rings. The Hall–Kier alpha value is -4.00. The summed E-state index contributed by atoms with van der Waals surface area (Å²) in [5, 5.41) is 2.46. The number of hydrogen-bond acceptors (Lipinski definition) is 4. The van der Waals surface area contributed by atoms with E-state index in [0.29, 0.717) is 29.9 Å². The first-order chi connectivity index (χ1) is 17.0. The van der Waals surface area contributed by atoms with Gasteiger partial charge in [-0.3, -0.25) is 14.9 Å². The summed E-state index contributed by atoms with van der Waals surface area (Å²) in [4.78, 5) is 43.7. The average Bonchev–Trinajstić information content (AvgIpc) is 2.88. The van der Waals surface area contributed by atoms with E-state index in [1.165, 1.54) is 6.07 Å². The molecule has 3 aliphatic rings. The number of nitrogens with zero attached hydrogens (tertiary/aromatic N) is 2. The topological polar surface area (TPSA) is 69.7 Å². The summed E-state index contributed by atoms with van der Waals surface area (Å²) in [6.45, 7) is 0.500. The second-order valence-corrected chi connectivity index (χ2v) is 9.47. The number of urea groups is 1. The molecule has 0 aliphatic carbocycles. The third-order valence-corrected chi connectivity index (χ3v) is 7.70. The van der Waals surface area contributed by atoms with Gasteiger partial charge in [0.05, 0.1) is 17.4 Å². The fraction of sp³-hybridized carbons (Fsp3) is 0.250. The number of carbonyl (C=O) groups is 3. The van der Waals surface area contributed by atoms with Crippen molar-refractivity contribution in [2.45, 2.75) is 31.2 Å². The van der Waals surface area contributed by atoms with Crippen molar-refractivity contribution in [2.24, 2.45) is 5.41 Å². The third kappa shape index (κ3) is 3.18. The molecule has 35 heavy (non-hydrogen) atoms. The van der Waals surface area contributed by atoms with E-state index in [2.05, 4.69) is 5.32 Å². The van der Waals surface area contributed by atoms with Crippen LogP contribution in [0.15, 0.2) is 78.9 Å². The van der Waals surface area contributed by atoms with Gasteiger partial charge in [-0.1, -0.05) is 60.7 Å². The van der Waals surface area contributed by atoms with Crippen LogP contribution in [0.1, 0.15) is 29.9 Å². The largest absolute Gasteiger partial charge is 0.364 e. The van der Waals surface area contributed by atoms with Gasteiger partial charge in [-0.05, 0) is 54.5 Å². The highest BCUT2D eigenvalue weighted by molar-refractivity contribution is 6.30. The first-order valence-corrected chi connectivity index (χ1v) is 11.8. The van der Waals surface area contributed by atoms with Crippen molar-refractivity contribution < 1.29 is 18.8 Å². The first-order valence-electron chi connectivity index (χ1n) is 11.8. The maximum Gasteiger partial charge on any atom is 0.335 e. The lowest BCUT2D eigenvalue weighted by Crippen LogP contribution is -2.73. The lowest BCUT2D eigenvalue weighted by atomic mass is 9.64. The van der Waals surface area contributed by atoms with Gasteiger partial charge in [-0.25, -0.2) is 14.1 Å². The summed E-state index contributed by atoms with van der Waals surface area (Å²) in [7, 11) is 0. The van der Waals surface area contributed by atoms with Crippen molar-refractivity contribution in [1.82, 2.24) is 5.32 Å². The van der Waals surface area contributed by atoms with Gasteiger partial charge in [0.25, 0.3) is 5.91 Å². The molecule has 7 heteroatoms. The van der Waals surface area contributed by atoms with E-state index in [1.54, 1.807) is 42.5 Å². The van der Waals surface area contributed by atoms with E-state index < -0.39 is 29.3 Å². The predicted molar refractivity (Wildman–Crippen MR) is 130 cm³/mol. The normalized spacial score (nSPS) is 25.8. The van der Waals surface area contributed by atoms with Crippen molar-refractivity contribution in [3.05, 3.63) is 95.8 Å². The van der Waals surface area contributed by atoms with Crippen molar-refractivity contribution in [3.8, 4) is 0 Å². The van der Waals surface area contributed by atoms with Crippen LogP contribution in [0.25, 0.3) is 0 Å². The minimum atomic E-state index is -1.56. The Kier molecular flexibility index (Phi) is 4.95. The van der Waals surface area contributed by atoms with Crippen LogP contribution < -0.4 is 15.1 Å². The van der Waals surface area contributed by atoms with Gasteiger partial charge >= 0.3 is 6.03 Å². The van der Waals surface area contributed by atoms with Crippen LogP contribution in [0.3, 0.4) is 0 Å². The number of piperidine rings is 1. The maximum absolute atomic E-state index is 15.1. The Morgan fingerprint density at radius 3 is 2.34 bits per heavy atom. The second kappa shape index (κ2) is 8.05. The Morgan fingerprint density at radius 1 is 0.886 bits per heavy atom.